The zero-order valence-electron chi connectivity index (χ0n) is 25.2. The minimum atomic E-state index is -3.98. The molecule has 3 amide bonds. The molecule has 10 nitrogen and oxygen atoms in total. The number of piperidine rings is 1. The van der Waals surface area contributed by atoms with E-state index in [1.165, 1.54) is 37.1 Å². The van der Waals surface area contributed by atoms with Gasteiger partial charge < -0.3 is 20.3 Å². The predicted octanol–water partition coefficient (Wildman–Crippen LogP) is 5.09. The highest BCUT2D eigenvalue weighted by Crippen LogP contribution is 2.31. The molecule has 0 bridgehead atoms. The van der Waals surface area contributed by atoms with Crippen molar-refractivity contribution in [1.82, 2.24) is 15.5 Å². The van der Waals surface area contributed by atoms with Crippen molar-refractivity contribution in [3.8, 4) is 11.5 Å². The number of benzene rings is 3. The van der Waals surface area contributed by atoms with E-state index in [1.54, 1.807) is 41.3 Å². The Balaban J connectivity index is 1.09. The molecular formula is C34H40N4O6S. The van der Waals surface area contributed by atoms with Crippen LogP contribution in [0.25, 0.3) is 0 Å². The summed E-state index contributed by atoms with van der Waals surface area (Å²) < 4.78 is 34.6. The van der Waals surface area contributed by atoms with Crippen LogP contribution in [0.3, 0.4) is 0 Å². The van der Waals surface area contributed by atoms with Crippen molar-refractivity contribution in [2.24, 2.45) is 5.92 Å². The summed E-state index contributed by atoms with van der Waals surface area (Å²) in [6.07, 6.45) is 8.06. The fraction of sp³-hybridized carbons (Fsp3) is 0.382. The van der Waals surface area contributed by atoms with E-state index in [9.17, 15) is 22.8 Å². The van der Waals surface area contributed by atoms with Gasteiger partial charge in [0, 0.05) is 30.6 Å². The molecule has 5 rings (SSSR count). The Morgan fingerprint density at radius 2 is 1.42 bits per heavy atom. The highest BCUT2D eigenvalue weighted by molar-refractivity contribution is 7.92. The van der Waals surface area contributed by atoms with Gasteiger partial charge in [-0.1, -0.05) is 56.0 Å². The quantitative estimate of drug-likeness (QED) is 0.267. The Morgan fingerprint density at radius 1 is 0.778 bits per heavy atom. The van der Waals surface area contributed by atoms with Gasteiger partial charge in [-0.15, -0.1) is 0 Å². The second-order valence-electron chi connectivity index (χ2n) is 11.6. The van der Waals surface area contributed by atoms with Gasteiger partial charge in [0.2, 0.25) is 11.8 Å². The van der Waals surface area contributed by atoms with Crippen molar-refractivity contribution in [1.29, 1.82) is 0 Å². The molecule has 1 saturated heterocycles. The van der Waals surface area contributed by atoms with E-state index < -0.39 is 15.9 Å². The molecular weight excluding hydrogens is 592 g/mol. The molecule has 1 aliphatic heterocycles. The summed E-state index contributed by atoms with van der Waals surface area (Å²) >= 11 is 0. The van der Waals surface area contributed by atoms with E-state index in [4.69, 9.17) is 4.74 Å². The molecule has 1 saturated carbocycles. The maximum absolute atomic E-state index is 13.1. The van der Waals surface area contributed by atoms with Crippen LogP contribution < -0.4 is 20.1 Å². The topological polar surface area (TPSA) is 134 Å². The van der Waals surface area contributed by atoms with Crippen LogP contribution in [-0.2, 0) is 19.6 Å². The Hall–Kier alpha value is -4.38. The number of amides is 3. The molecule has 45 heavy (non-hydrogen) atoms. The lowest BCUT2D eigenvalue weighted by Gasteiger charge is -2.32. The van der Waals surface area contributed by atoms with E-state index in [2.05, 4.69) is 15.4 Å². The van der Waals surface area contributed by atoms with E-state index >= 15 is 0 Å². The van der Waals surface area contributed by atoms with Crippen LogP contribution in [0.4, 0.5) is 5.69 Å². The number of para-hydroxylation sites is 3. The number of hydrogen-bond donors (Lipinski definition) is 3. The fourth-order valence-corrected chi connectivity index (χ4v) is 6.82. The smallest absolute Gasteiger partial charge is 0.262 e. The number of nitrogens with zero attached hydrogens (tertiary/aromatic N) is 1. The third-order valence-corrected chi connectivity index (χ3v) is 9.73. The number of likely N-dealkylation sites (tertiary alicyclic amines) is 1. The van der Waals surface area contributed by atoms with E-state index in [-0.39, 0.29) is 46.5 Å². The molecule has 0 unspecified atom stereocenters. The van der Waals surface area contributed by atoms with Gasteiger partial charge in [-0.05, 0) is 74.2 Å². The molecule has 2 aliphatic rings. The number of rotatable bonds is 10. The van der Waals surface area contributed by atoms with Crippen LogP contribution in [0, 0.1) is 5.92 Å². The van der Waals surface area contributed by atoms with E-state index in [0.29, 0.717) is 37.4 Å². The van der Waals surface area contributed by atoms with Crippen LogP contribution in [-0.4, -0.2) is 56.7 Å². The first-order valence-electron chi connectivity index (χ1n) is 15.6. The van der Waals surface area contributed by atoms with Crippen molar-refractivity contribution < 1.29 is 27.5 Å². The summed E-state index contributed by atoms with van der Waals surface area (Å²) in [6.45, 7) is 0.755. The molecule has 11 heteroatoms. The maximum Gasteiger partial charge on any atom is 0.262 e. The van der Waals surface area contributed by atoms with E-state index in [0.717, 1.165) is 25.7 Å². The van der Waals surface area contributed by atoms with E-state index in [1.807, 2.05) is 18.2 Å². The molecule has 238 valence electrons. The summed E-state index contributed by atoms with van der Waals surface area (Å²) in [5, 5.41) is 5.85. The molecule has 2 fully saturated rings. The number of ether oxygens (including phenoxy) is 1. The van der Waals surface area contributed by atoms with Crippen molar-refractivity contribution in [3.05, 3.63) is 84.4 Å². The van der Waals surface area contributed by atoms with Crippen molar-refractivity contribution in [3.63, 3.8) is 0 Å². The van der Waals surface area contributed by atoms with Gasteiger partial charge >= 0.3 is 0 Å². The van der Waals surface area contributed by atoms with Crippen LogP contribution in [0.2, 0.25) is 0 Å². The average Bonchev–Trinajstić information content (AvgIpc) is 3.33. The van der Waals surface area contributed by atoms with Crippen LogP contribution in [0.1, 0.15) is 61.7 Å². The Morgan fingerprint density at radius 3 is 2.11 bits per heavy atom. The van der Waals surface area contributed by atoms with Gasteiger partial charge in [-0.3, -0.25) is 19.1 Å². The molecule has 0 aromatic heterocycles. The lowest BCUT2D eigenvalue weighted by molar-refractivity contribution is -0.135. The fourth-order valence-electron chi connectivity index (χ4n) is 5.75. The molecule has 0 spiro atoms. The number of hydrogen-bond acceptors (Lipinski definition) is 6. The number of nitrogens with one attached hydrogen (secondary N) is 3. The van der Waals surface area contributed by atoms with Gasteiger partial charge in [0.05, 0.1) is 17.1 Å². The predicted molar refractivity (Wildman–Crippen MR) is 171 cm³/mol. The van der Waals surface area contributed by atoms with Crippen LogP contribution in [0.5, 0.6) is 11.5 Å². The highest BCUT2D eigenvalue weighted by Gasteiger charge is 2.29. The molecule has 3 aromatic rings. The first-order chi connectivity index (χ1) is 21.8. The van der Waals surface area contributed by atoms with Crippen molar-refractivity contribution in [2.75, 3.05) is 24.4 Å². The van der Waals surface area contributed by atoms with Crippen LogP contribution in [0.15, 0.2) is 83.8 Å². The molecule has 1 aliphatic carbocycles. The minimum Gasteiger partial charge on any atom is -0.455 e. The lowest BCUT2D eigenvalue weighted by atomic mass is 9.95. The lowest BCUT2D eigenvalue weighted by Crippen LogP contribution is -2.47. The second kappa shape index (κ2) is 15.1. The second-order valence-corrected chi connectivity index (χ2v) is 13.3. The maximum atomic E-state index is 13.1. The van der Waals surface area contributed by atoms with Gasteiger partial charge in [0.15, 0.2) is 5.75 Å². The SMILES string of the molecule is O=C(NCC(=O)N1CCC(C(=O)NC2CCCCCC2)CC1)c1ccc(S(=O)(=O)Nc2ccccc2Oc2ccccc2)cc1. The zero-order chi connectivity index (χ0) is 31.6. The van der Waals surface area contributed by atoms with Crippen LogP contribution >= 0.6 is 0 Å². The first kappa shape index (κ1) is 32.0. The number of carbonyl (C=O) groups excluding carboxylic acids is 3. The Labute approximate surface area is 264 Å². The summed E-state index contributed by atoms with van der Waals surface area (Å²) in [5.74, 6) is 0.198. The standard InChI is InChI=1S/C34H40N4O6S/c39-32(38-22-20-26(21-23-38)34(41)36-27-10-4-1-2-5-11-27)24-35-33(40)25-16-18-29(19-17-25)45(42,43)37-30-14-8-9-15-31(30)44-28-12-6-3-7-13-28/h3,6-9,12-19,26-27,37H,1-2,4-5,10-11,20-24H2,(H,35,40)(H,36,41). The summed E-state index contributed by atoms with van der Waals surface area (Å²) in [5.41, 5.74) is 0.495. The van der Waals surface area contributed by atoms with Crippen molar-refractivity contribution in [2.45, 2.75) is 62.3 Å². The highest BCUT2D eigenvalue weighted by atomic mass is 32.2. The molecule has 0 radical (unpaired) electrons. The molecule has 3 aromatic carbocycles. The average molecular weight is 633 g/mol. The third kappa shape index (κ3) is 8.85. The van der Waals surface area contributed by atoms with Gasteiger partial charge in [-0.25, -0.2) is 8.42 Å². The van der Waals surface area contributed by atoms with Gasteiger partial charge in [0.25, 0.3) is 15.9 Å². The number of anilines is 1. The summed E-state index contributed by atoms with van der Waals surface area (Å²) in [4.78, 5) is 39.9. The minimum absolute atomic E-state index is 0.0319. The summed E-state index contributed by atoms with van der Waals surface area (Å²) in [6, 6.07) is 21.5. The molecule has 3 N–H and O–H groups in total. The monoisotopic (exact) mass is 632 g/mol. The molecule has 1 heterocycles. The number of carbonyl (C=O) groups is 3. The summed E-state index contributed by atoms with van der Waals surface area (Å²) in [7, 11) is -3.98. The zero-order valence-corrected chi connectivity index (χ0v) is 26.1. The Kier molecular flexibility index (Phi) is 10.7. The number of sulfonamides is 1. The normalized spacial score (nSPS) is 16.3. The van der Waals surface area contributed by atoms with Gasteiger partial charge in [-0.2, -0.15) is 0 Å². The third-order valence-electron chi connectivity index (χ3n) is 8.35. The first-order valence-corrected chi connectivity index (χ1v) is 17.1. The Bertz CT molecular complexity index is 1560. The van der Waals surface area contributed by atoms with Gasteiger partial charge in [0.1, 0.15) is 5.75 Å². The molecule has 0 atom stereocenters. The van der Waals surface area contributed by atoms with Crippen molar-refractivity contribution >= 4 is 33.4 Å². The largest absolute Gasteiger partial charge is 0.455 e.